The summed E-state index contributed by atoms with van der Waals surface area (Å²) >= 11 is 0. The van der Waals surface area contributed by atoms with Gasteiger partial charge in [0.05, 0.1) is 30.3 Å². The molecule has 1 fully saturated rings. The van der Waals surface area contributed by atoms with Gasteiger partial charge in [-0.3, -0.25) is 9.52 Å². The Morgan fingerprint density at radius 2 is 1.57 bits per heavy atom. The van der Waals surface area contributed by atoms with E-state index in [2.05, 4.69) is 47.8 Å². The van der Waals surface area contributed by atoms with Crippen molar-refractivity contribution in [2.75, 3.05) is 80.4 Å². The minimum atomic E-state index is -3.53. The van der Waals surface area contributed by atoms with Crippen LogP contribution in [0.2, 0.25) is 0 Å². The normalized spacial score (nSPS) is 13.8. The highest BCUT2D eigenvalue weighted by molar-refractivity contribution is 7.92. The largest absolute Gasteiger partial charge is 0.496 e. The van der Waals surface area contributed by atoms with Gasteiger partial charge in [-0.2, -0.15) is 0 Å². The third kappa shape index (κ3) is 11.4. The number of amides is 3. The Balaban J connectivity index is 1.10. The highest BCUT2D eigenvalue weighted by atomic mass is 32.2. The Morgan fingerprint density at radius 1 is 0.828 bits per heavy atom. The summed E-state index contributed by atoms with van der Waals surface area (Å²) in [5.74, 6) is 1.86. The first-order chi connectivity index (χ1) is 27.6. The lowest BCUT2D eigenvalue weighted by atomic mass is 9.86. The number of rotatable bonds is 14. The molecule has 306 valence electrons. The number of nitrogens with zero attached hydrogens (tertiary/aromatic N) is 3. The maximum absolute atomic E-state index is 13.3. The van der Waals surface area contributed by atoms with Gasteiger partial charge in [0.25, 0.3) is 5.91 Å². The summed E-state index contributed by atoms with van der Waals surface area (Å²) in [6.07, 6.45) is 3.59. The van der Waals surface area contributed by atoms with Crippen LogP contribution >= 0.6 is 0 Å². The number of methoxy groups -OCH3 is 1. The van der Waals surface area contributed by atoms with Crippen LogP contribution in [-0.4, -0.2) is 94.8 Å². The van der Waals surface area contributed by atoms with Crippen LogP contribution in [0.3, 0.4) is 0 Å². The third-order valence-electron chi connectivity index (χ3n) is 9.70. The monoisotopic (exact) mass is 808 g/mol. The second-order valence-electron chi connectivity index (χ2n) is 15.4. The zero-order valence-corrected chi connectivity index (χ0v) is 34.6. The number of pyridine rings is 1. The molecule has 1 aliphatic rings. The summed E-state index contributed by atoms with van der Waals surface area (Å²) < 4.78 is 38.4. The molecule has 58 heavy (non-hydrogen) atoms. The molecule has 2 heterocycles. The number of sulfonamides is 1. The number of anilines is 5. The second-order valence-corrected chi connectivity index (χ2v) is 17.2. The van der Waals surface area contributed by atoms with Gasteiger partial charge in [-0.1, -0.05) is 45.0 Å². The molecule has 14 nitrogen and oxygen atoms in total. The van der Waals surface area contributed by atoms with E-state index in [-0.39, 0.29) is 11.3 Å². The van der Waals surface area contributed by atoms with Crippen molar-refractivity contribution in [3.8, 4) is 17.2 Å². The molecule has 1 aromatic heterocycles. The van der Waals surface area contributed by atoms with Gasteiger partial charge < -0.3 is 40.5 Å². The number of ether oxygens (including phenoxy) is 2. The minimum absolute atomic E-state index is 0.187. The first-order valence-electron chi connectivity index (χ1n) is 19.1. The highest BCUT2D eigenvalue weighted by Gasteiger charge is 2.19. The molecule has 0 saturated carbocycles. The van der Waals surface area contributed by atoms with Gasteiger partial charge in [0.2, 0.25) is 10.0 Å². The van der Waals surface area contributed by atoms with E-state index in [0.717, 1.165) is 61.7 Å². The van der Waals surface area contributed by atoms with E-state index < -0.39 is 16.1 Å². The van der Waals surface area contributed by atoms with Gasteiger partial charge in [-0.25, -0.2) is 18.2 Å². The summed E-state index contributed by atoms with van der Waals surface area (Å²) in [6.45, 7) is 11.8. The van der Waals surface area contributed by atoms with Gasteiger partial charge in [-0.05, 0) is 79.5 Å². The third-order valence-corrected chi connectivity index (χ3v) is 10.3. The summed E-state index contributed by atoms with van der Waals surface area (Å²) in [4.78, 5) is 35.6. The van der Waals surface area contributed by atoms with Crippen LogP contribution < -0.4 is 35.5 Å². The number of carbonyl (C=O) groups is 2. The molecule has 0 radical (unpaired) electrons. The highest BCUT2D eigenvalue weighted by Crippen LogP contribution is 2.36. The predicted octanol–water partition coefficient (Wildman–Crippen LogP) is 7.46. The Labute approximate surface area is 340 Å². The van der Waals surface area contributed by atoms with Crippen molar-refractivity contribution < 1.29 is 27.5 Å². The van der Waals surface area contributed by atoms with Crippen LogP contribution in [0.15, 0.2) is 91.1 Å². The first kappa shape index (κ1) is 41.7. The molecule has 0 aliphatic carbocycles. The lowest BCUT2D eigenvalue weighted by molar-refractivity contribution is 0.0946. The molecule has 5 N–H and O–H groups in total. The Hall–Kier alpha value is -5.90. The van der Waals surface area contributed by atoms with Crippen LogP contribution in [0, 0.1) is 0 Å². The van der Waals surface area contributed by atoms with Gasteiger partial charge in [0.15, 0.2) is 0 Å². The number of aromatic nitrogens is 1. The average Bonchev–Trinajstić information content (AvgIpc) is 3.17. The van der Waals surface area contributed by atoms with Crippen molar-refractivity contribution in [2.24, 2.45) is 0 Å². The van der Waals surface area contributed by atoms with E-state index in [1.165, 1.54) is 7.11 Å². The molecule has 1 aliphatic heterocycles. The lowest BCUT2D eigenvalue weighted by Crippen LogP contribution is -2.45. The second kappa shape index (κ2) is 18.1. The van der Waals surface area contributed by atoms with Gasteiger partial charge in [0.1, 0.15) is 23.1 Å². The fourth-order valence-corrected chi connectivity index (χ4v) is 7.15. The van der Waals surface area contributed by atoms with Crippen molar-refractivity contribution in [3.05, 3.63) is 102 Å². The number of hydrogen-bond donors (Lipinski definition) is 5. The Bertz CT molecular complexity index is 2380. The number of likely N-dealkylation sites (N-methyl/N-ethyl adjacent to an activating group) is 1. The molecule has 1 saturated heterocycles. The number of urea groups is 1. The zero-order chi connectivity index (χ0) is 41.5. The smallest absolute Gasteiger partial charge is 0.323 e. The number of benzene rings is 4. The molecule has 5 aromatic rings. The molecular formula is C43H52N8O6S. The molecule has 6 rings (SSSR count). The van der Waals surface area contributed by atoms with Crippen molar-refractivity contribution in [1.29, 1.82) is 0 Å². The predicted molar refractivity (Wildman–Crippen MR) is 232 cm³/mol. The number of fused-ring (bicyclic) bond motifs is 1. The molecule has 15 heteroatoms. The topological polar surface area (TPSA) is 166 Å². The van der Waals surface area contributed by atoms with E-state index >= 15 is 0 Å². The molecule has 0 spiro atoms. The van der Waals surface area contributed by atoms with Crippen molar-refractivity contribution in [2.45, 2.75) is 32.6 Å². The molecule has 0 bridgehead atoms. The summed E-state index contributed by atoms with van der Waals surface area (Å²) in [5, 5.41) is 13.6. The van der Waals surface area contributed by atoms with E-state index in [4.69, 9.17) is 9.47 Å². The van der Waals surface area contributed by atoms with Gasteiger partial charge in [-0.15, -0.1) is 0 Å². The van der Waals surface area contributed by atoms with Crippen LogP contribution in [0.25, 0.3) is 10.8 Å². The Morgan fingerprint density at radius 3 is 2.29 bits per heavy atom. The van der Waals surface area contributed by atoms with E-state index in [1.807, 2.05) is 51.1 Å². The number of hydrogen-bond acceptors (Lipinski definition) is 10. The quantitative estimate of drug-likeness (QED) is 0.0711. The van der Waals surface area contributed by atoms with Crippen LogP contribution in [0.5, 0.6) is 17.2 Å². The minimum Gasteiger partial charge on any atom is -0.496 e. The molecular weight excluding hydrogens is 757 g/mol. The summed E-state index contributed by atoms with van der Waals surface area (Å²) in [5.41, 5.74) is 3.01. The van der Waals surface area contributed by atoms with Crippen LogP contribution in [0.1, 0.15) is 43.1 Å². The lowest BCUT2D eigenvalue weighted by Gasteiger charge is -2.32. The fourth-order valence-electron chi connectivity index (χ4n) is 6.61. The first-order valence-corrected chi connectivity index (χ1v) is 21.0. The SMILES string of the molecule is COc1cc(Nc2cc(Oc3ccc(NC(=O)Nc4cc(NS(C)(=O)=O)cc(C(C)(C)C)c4)c4ccccc34)ccn2)ccc1C(=O)NCCCN1CCN(C)CC1. The van der Waals surface area contributed by atoms with Crippen LogP contribution in [-0.2, 0) is 15.4 Å². The Kier molecular flexibility index (Phi) is 13.0. The van der Waals surface area contributed by atoms with Crippen molar-refractivity contribution in [3.63, 3.8) is 0 Å². The maximum atomic E-state index is 13.3. The van der Waals surface area contributed by atoms with E-state index in [0.29, 0.717) is 57.9 Å². The van der Waals surface area contributed by atoms with Crippen LogP contribution in [0.4, 0.5) is 33.4 Å². The molecule has 4 aromatic carbocycles. The van der Waals surface area contributed by atoms with Gasteiger partial charge >= 0.3 is 6.03 Å². The van der Waals surface area contributed by atoms with E-state index in [9.17, 15) is 18.0 Å². The van der Waals surface area contributed by atoms with E-state index in [1.54, 1.807) is 60.8 Å². The molecule has 0 unspecified atom stereocenters. The van der Waals surface area contributed by atoms with Crippen molar-refractivity contribution >= 4 is 61.3 Å². The standard InChI is InChI=1S/C43H52N8O6S/c1-43(2,3)29-24-31(26-32(25-29)49-58(6,54)55)47-42(53)48-37-14-15-38(35-11-8-7-10-34(35)37)57-33-16-18-44-40(28-33)46-30-12-13-36(39(27-30)56-5)41(52)45-17-9-19-51-22-20-50(4)21-23-51/h7-8,10-16,18,24-28,49H,9,17,19-23H2,1-6H3,(H,44,46)(H,45,52)(H2,47,48,53). The summed E-state index contributed by atoms with van der Waals surface area (Å²) in [7, 11) is 0.147. The average molecular weight is 809 g/mol. The fraction of sp³-hybridized carbons (Fsp3) is 0.326. The molecule has 0 atom stereocenters. The maximum Gasteiger partial charge on any atom is 0.323 e. The number of carbonyl (C=O) groups excluding carboxylic acids is 2. The molecule has 3 amide bonds. The van der Waals surface area contributed by atoms with Crippen molar-refractivity contribution in [1.82, 2.24) is 20.1 Å². The zero-order valence-electron chi connectivity index (χ0n) is 33.8. The van der Waals surface area contributed by atoms with Gasteiger partial charge in [0, 0.05) is 73.2 Å². The summed E-state index contributed by atoms with van der Waals surface area (Å²) in [6, 6.07) is 24.6. The number of nitrogens with one attached hydrogen (secondary N) is 5. The number of piperazine rings is 1.